The van der Waals surface area contributed by atoms with E-state index in [9.17, 15) is 18.0 Å². The molecular weight excluding hydrogens is 414 g/mol. The first-order valence-electron chi connectivity index (χ1n) is 9.23. The lowest BCUT2D eigenvalue weighted by Crippen LogP contribution is -2.41. The van der Waals surface area contributed by atoms with Crippen molar-refractivity contribution >= 4 is 39.1 Å². The van der Waals surface area contributed by atoms with E-state index in [1.807, 2.05) is 6.92 Å². The second-order valence-electron chi connectivity index (χ2n) is 7.00. The fraction of sp³-hybridized carbons (Fsp3) is 0.300. The molecule has 0 saturated carbocycles. The van der Waals surface area contributed by atoms with E-state index in [1.54, 1.807) is 6.07 Å². The van der Waals surface area contributed by atoms with Crippen molar-refractivity contribution in [3.8, 4) is 0 Å². The molecular formula is C20H22ClN3O4S. The number of piperidine rings is 1. The molecule has 1 heterocycles. The van der Waals surface area contributed by atoms with Crippen molar-refractivity contribution in [3.05, 3.63) is 58.6 Å². The number of carbonyl (C=O) groups excluding carboxylic acids is 2. The molecule has 1 saturated heterocycles. The van der Waals surface area contributed by atoms with Crippen molar-refractivity contribution in [1.29, 1.82) is 0 Å². The van der Waals surface area contributed by atoms with E-state index in [1.165, 1.54) is 40.7 Å². The van der Waals surface area contributed by atoms with Crippen LogP contribution in [0.1, 0.15) is 46.9 Å². The Morgan fingerprint density at radius 3 is 2.45 bits per heavy atom. The maximum absolute atomic E-state index is 12.9. The molecule has 9 heteroatoms. The van der Waals surface area contributed by atoms with E-state index in [2.05, 4.69) is 5.32 Å². The molecule has 2 aromatic rings. The molecule has 1 aliphatic heterocycles. The maximum Gasteiger partial charge on any atom is 0.255 e. The third-order valence-corrected chi connectivity index (χ3v) is 7.31. The Morgan fingerprint density at radius 1 is 1.14 bits per heavy atom. The number of nitrogens with two attached hydrogens (primary N) is 1. The van der Waals surface area contributed by atoms with Crippen molar-refractivity contribution in [3.63, 3.8) is 0 Å². The van der Waals surface area contributed by atoms with Gasteiger partial charge < -0.3 is 11.1 Å². The molecule has 0 aromatic heterocycles. The highest BCUT2D eigenvalue weighted by molar-refractivity contribution is 7.89. The van der Waals surface area contributed by atoms with Crippen LogP contribution in [-0.2, 0) is 10.0 Å². The summed E-state index contributed by atoms with van der Waals surface area (Å²) < 4.78 is 27.3. The number of hydrogen-bond acceptors (Lipinski definition) is 4. The second kappa shape index (κ2) is 8.52. The standard InChI is InChI=1S/C20H22ClN3O4S/c1-13-4-2-3-11-24(13)29(27,28)16-8-5-14(6-9-16)20(26)23-15-7-10-18(21)17(12-15)19(22)25/h5-10,12-13H,2-4,11H2,1H3,(H2,22,25)(H,23,26). The summed E-state index contributed by atoms with van der Waals surface area (Å²) in [6.45, 7) is 2.41. The first-order chi connectivity index (χ1) is 13.7. The number of amides is 2. The predicted octanol–water partition coefficient (Wildman–Crippen LogP) is 3.25. The highest BCUT2D eigenvalue weighted by Gasteiger charge is 2.30. The molecule has 0 aliphatic carbocycles. The number of anilines is 1. The zero-order valence-corrected chi connectivity index (χ0v) is 17.5. The number of halogens is 1. The monoisotopic (exact) mass is 435 g/mol. The second-order valence-corrected chi connectivity index (χ2v) is 9.30. The minimum Gasteiger partial charge on any atom is -0.366 e. The first kappa shape index (κ1) is 21.3. The zero-order chi connectivity index (χ0) is 21.2. The fourth-order valence-electron chi connectivity index (χ4n) is 3.34. The summed E-state index contributed by atoms with van der Waals surface area (Å²) in [5.41, 5.74) is 5.99. The van der Waals surface area contributed by atoms with Crippen LogP contribution >= 0.6 is 11.6 Å². The van der Waals surface area contributed by atoms with Crippen molar-refractivity contribution < 1.29 is 18.0 Å². The summed E-state index contributed by atoms with van der Waals surface area (Å²) in [4.78, 5) is 24.0. The third-order valence-electron chi connectivity index (χ3n) is 4.95. The Hall–Kier alpha value is -2.42. The molecule has 1 aliphatic rings. The highest BCUT2D eigenvalue weighted by atomic mass is 35.5. The Bertz CT molecular complexity index is 1040. The van der Waals surface area contributed by atoms with Gasteiger partial charge in [-0.3, -0.25) is 9.59 Å². The van der Waals surface area contributed by atoms with Crippen LogP contribution in [0, 0.1) is 0 Å². The summed E-state index contributed by atoms with van der Waals surface area (Å²) >= 11 is 5.90. The van der Waals surface area contributed by atoms with Crippen LogP contribution in [0.25, 0.3) is 0 Å². The van der Waals surface area contributed by atoms with Gasteiger partial charge in [0.15, 0.2) is 0 Å². The summed E-state index contributed by atoms with van der Waals surface area (Å²) in [6.07, 6.45) is 2.71. The van der Waals surface area contributed by atoms with Crippen LogP contribution in [0.4, 0.5) is 5.69 Å². The minimum atomic E-state index is -3.60. The molecule has 1 unspecified atom stereocenters. The smallest absolute Gasteiger partial charge is 0.255 e. The van der Waals surface area contributed by atoms with Crippen molar-refractivity contribution in [1.82, 2.24) is 4.31 Å². The van der Waals surface area contributed by atoms with Crippen molar-refractivity contribution in [2.45, 2.75) is 37.1 Å². The number of benzene rings is 2. The van der Waals surface area contributed by atoms with E-state index in [-0.39, 0.29) is 27.1 Å². The van der Waals surface area contributed by atoms with Crippen LogP contribution in [0.3, 0.4) is 0 Å². The Labute approximate surface area is 174 Å². The van der Waals surface area contributed by atoms with Gasteiger partial charge in [-0.1, -0.05) is 18.0 Å². The first-order valence-corrected chi connectivity index (χ1v) is 11.0. The van der Waals surface area contributed by atoms with Crippen LogP contribution < -0.4 is 11.1 Å². The van der Waals surface area contributed by atoms with E-state index in [0.29, 0.717) is 12.2 Å². The number of rotatable bonds is 5. The Morgan fingerprint density at radius 2 is 1.83 bits per heavy atom. The van der Waals surface area contributed by atoms with E-state index in [0.717, 1.165) is 19.3 Å². The summed E-state index contributed by atoms with van der Waals surface area (Å²) in [5.74, 6) is -1.15. The van der Waals surface area contributed by atoms with Gasteiger partial charge >= 0.3 is 0 Å². The number of nitrogens with one attached hydrogen (secondary N) is 1. The molecule has 3 N–H and O–H groups in total. The normalized spacial score (nSPS) is 17.7. The highest BCUT2D eigenvalue weighted by Crippen LogP contribution is 2.25. The number of nitrogens with zero attached hydrogens (tertiary/aromatic N) is 1. The topological polar surface area (TPSA) is 110 Å². The lowest BCUT2D eigenvalue weighted by Gasteiger charge is -2.32. The van der Waals surface area contributed by atoms with Gasteiger partial charge in [-0.15, -0.1) is 0 Å². The summed E-state index contributed by atoms with van der Waals surface area (Å²) in [6, 6.07) is 10.1. The minimum absolute atomic E-state index is 0.0407. The number of sulfonamides is 1. The number of primary amides is 1. The summed E-state index contributed by atoms with van der Waals surface area (Å²) in [7, 11) is -3.60. The Kier molecular flexibility index (Phi) is 6.26. The quantitative estimate of drug-likeness (QED) is 0.750. The third kappa shape index (κ3) is 4.60. The largest absolute Gasteiger partial charge is 0.366 e. The molecule has 0 bridgehead atoms. The molecule has 29 heavy (non-hydrogen) atoms. The van der Waals surface area contributed by atoms with Crippen molar-refractivity contribution in [2.24, 2.45) is 5.73 Å². The number of hydrogen-bond donors (Lipinski definition) is 2. The molecule has 154 valence electrons. The lowest BCUT2D eigenvalue weighted by molar-refractivity contribution is 0.0996. The Balaban J connectivity index is 1.77. The SMILES string of the molecule is CC1CCCCN1S(=O)(=O)c1ccc(C(=O)Nc2ccc(Cl)c(C(N)=O)c2)cc1. The van der Waals surface area contributed by atoms with Crippen molar-refractivity contribution in [2.75, 3.05) is 11.9 Å². The molecule has 2 aromatic carbocycles. The van der Waals surface area contributed by atoms with Gasteiger partial charge in [0.2, 0.25) is 15.9 Å². The molecule has 2 amide bonds. The van der Waals surface area contributed by atoms with E-state index in [4.69, 9.17) is 17.3 Å². The molecule has 0 spiro atoms. The van der Waals surface area contributed by atoms with Crippen LogP contribution in [0.5, 0.6) is 0 Å². The van der Waals surface area contributed by atoms with Crippen LogP contribution in [0.15, 0.2) is 47.4 Å². The van der Waals surface area contributed by atoms with Gasteiger partial charge in [0.05, 0.1) is 15.5 Å². The molecule has 1 fully saturated rings. The van der Waals surface area contributed by atoms with E-state index < -0.39 is 21.8 Å². The molecule has 1 atom stereocenters. The maximum atomic E-state index is 12.9. The fourth-order valence-corrected chi connectivity index (χ4v) is 5.25. The predicted molar refractivity (Wildman–Crippen MR) is 112 cm³/mol. The van der Waals surface area contributed by atoms with Crippen LogP contribution in [-0.4, -0.2) is 37.1 Å². The van der Waals surface area contributed by atoms with E-state index >= 15 is 0 Å². The van der Waals surface area contributed by atoms with Crippen LogP contribution in [0.2, 0.25) is 5.02 Å². The van der Waals surface area contributed by atoms with Gasteiger partial charge in [0.1, 0.15) is 0 Å². The molecule has 7 nitrogen and oxygen atoms in total. The molecule has 0 radical (unpaired) electrons. The molecule has 3 rings (SSSR count). The van der Waals surface area contributed by atoms with Gasteiger partial charge in [0, 0.05) is 23.8 Å². The number of carbonyl (C=O) groups is 2. The van der Waals surface area contributed by atoms with Gasteiger partial charge in [-0.2, -0.15) is 4.31 Å². The zero-order valence-electron chi connectivity index (χ0n) is 15.9. The average Bonchev–Trinajstić information content (AvgIpc) is 2.69. The van der Waals surface area contributed by atoms with Gasteiger partial charge in [-0.25, -0.2) is 8.42 Å². The lowest BCUT2D eigenvalue weighted by atomic mass is 10.1. The summed E-state index contributed by atoms with van der Waals surface area (Å²) in [5, 5.41) is 2.84. The average molecular weight is 436 g/mol. The van der Waals surface area contributed by atoms with Gasteiger partial charge in [0.25, 0.3) is 5.91 Å². The van der Waals surface area contributed by atoms with Gasteiger partial charge in [-0.05, 0) is 62.2 Å².